The van der Waals surface area contributed by atoms with Crippen LogP contribution >= 0.6 is 0 Å². The topological polar surface area (TPSA) is 47.8 Å². The smallest absolute Gasteiger partial charge is 0.252 e. The van der Waals surface area contributed by atoms with E-state index in [1.165, 1.54) is 12.8 Å². The van der Waals surface area contributed by atoms with Gasteiger partial charge in [-0.3, -0.25) is 9.36 Å². The van der Waals surface area contributed by atoms with Crippen LogP contribution in [0.4, 0.5) is 0 Å². The van der Waals surface area contributed by atoms with Gasteiger partial charge < -0.3 is 0 Å². The number of hydrogen-bond donors (Lipinski definition) is 0. The van der Waals surface area contributed by atoms with E-state index in [2.05, 4.69) is 9.97 Å². The highest BCUT2D eigenvalue weighted by atomic mass is 16.1. The van der Waals surface area contributed by atoms with E-state index in [-0.39, 0.29) is 5.56 Å². The minimum absolute atomic E-state index is 0.0741. The maximum absolute atomic E-state index is 12.3. The van der Waals surface area contributed by atoms with Crippen molar-refractivity contribution < 1.29 is 0 Å². The zero-order valence-electron chi connectivity index (χ0n) is 12.8. The first-order chi connectivity index (χ1) is 9.66. The zero-order chi connectivity index (χ0) is 14.7. The summed E-state index contributed by atoms with van der Waals surface area (Å²) in [5.41, 5.74) is 1.84. The zero-order valence-corrected chi connectivity index (χ0v) is 12.8. The number of aryl methyl sites for hydroxylation is 2. The Balaban J connectivity index is 0.000000704. The molecule has 1 aliphatic carbocycles. The van der Waals surface area contributed by atoms with E-state index in [0.717, 1.165) is 35.3 Å². The molecule has 0 radical (unpaired) electrons. The highest BCUT2D eigenvalue weighted by molar-refractivity contribution is 5.78. The van der Waals surface area contributed by atoms with E-state index in [4.69, 9.17) is 0 Å². The van der Waals surface area contributed by atoms with E-state index in [1.54, 1.807) is 6.07 Å². The van der Waals surface area contributed by atoms with E-state index >= 15 is 0 Å². The molecule has 0 saturated heterocycles. The normalized spacial score (nSPS) is 15.2. The van der Waals surface area contributed by atoms with E-state index in [9.17, 15) is 4.79 Å². The van der Waals surface area contributed by atoms with Crippen LogP contribution in [0.25, 0.3) is 11.0 Å². The second-order valence-corrected chi connectivity index (χ2v) is 5.13. The quantitative estimate of drug-likeness (QED) is 0.798. The molecule has 0 amide bonds. The molecule has 0 aromatic carbocycles. The van der Waals surface area contributed by atoms with Gasteiger partial charge in [0.05, 0.1) is 0 Å². The van der Waals surface area contributed by atoms with Gasteiger partial charge in [-0.25, -0.2) is 9.97 Å². The summed E-state index contributed by atoms with van der Waals surface area (Å²) in [6.07, 6.45) is 6.41. The van der Waals surface area contributed by atoms with Crippen LogP contribution < -0.4 is 5.56 Å². The molecule has 2 aromatic heterocycles. The molecule has 0 bridgehead atoms. The summed E-state index contributed by atoms with van der Waals surface area (Å²) < 4.78 is 1.88. The van der Waals surface area contributed by atoms with Crippen molar-refractivity contribution >= 4 is 11.0 Å². The van der Waals surface area contributed by atoms with Crippen LogP contribution in [0.1, 0.15) is 57.0 Å². The van der Waals surface area contributed by atoms with Crippen molar-refractivity contribution in [3.63, 3.8) is 0 Å². The standard InChI is InChI=1S/C14H17N3O.C2H6/c1-9-7-13(18)17(11-5-3-4-6-11)14-12(9)8-15-10(2)16-14;1-2/h7-8,11H,3-6H2,1-2H3;1-2H3. The number of rotatable bonds is 1. The summed E-state index contributed by atoms with van der Waals surface area (Å²) in [6, 6.07) is 2.02. The maximum Gasteiger partial charge on any atom is 0.252 e. The van der Waals surface area contributed by atoms with Gasteiger partial charge in [0.25, 0.3) is 5.56 Å². The van der Waals surface area contributed by atoms with Crippen LogP contribution in [-0.2, 0) is 0 Å². The summed E-state index contributed by atoms with van der Waals surface area (Å²) in [6.45, 7) is 7.81. The van der Waals surface area contributed by atoms with Crippen molar-refractivity contribution in [2.24, 2.45) is 0 Å². The molecule has 2 heterocycles. The highest BCUT2D eigenvalue weighted by Crippen LogP contribution is 2.30. The van der Waals surface area contributed by atoms with Crippen LogP contribution in [0.5, 0.6) is 0 Å². The lowest BCUT2D eigenvalue weighted by Crippen LogP contribution is -2.24. The molecular weight excluding hydrogens is 250 g/mol. The fourth-order valence-electron chi connectivity index (χ4n) is 2.87. The summed E-state index contributed by atoms with van der Waals surface area (Å²) in [5, 5.41) is 0.993. The molecule has 0 spiro atoms. The summed E-state index contributed by atoms with van der Waals surface area (Å²) in [5.74, 6) is 0.722. The van der Waals surface area contributed by atoms with Crippen LogP contribution in [0.3, 0.4) is 0 Å². The van der Waals surface area contributed by atoms with Crippen molar-refractivity contribution in [2.75, 3.05) is 0 Å². The molecule has 4 nitrogen and oxygen atoms in total. The Morgan fingerprint density at radius 1 is 1.20 bits per heavy atom. The molecular formula is C16H23N3O. The van der Waals surface area contributed by atoms with Crippen LogP contribution in [0.15, 0.2) is 17.1 Å². The van der Waals surface area contributed by atoms with Crippen LogP contribution in [0, 0.1) is 13.8 Å². The Labute approximate surface area is 119 Å². The molecule has 1 saturated carbocycles. The van der Waals surface area contributed by atoms with Gasteiger partial charge in [-0.1, -0.05) is 26.7 Å². The van der Waals surface area contributed by atoms with Gasteiger partial charge in [-0.2, -0.15) is 0 Å². The number of aromatic nitrogens is 3. The molecule has 4 heteroatoms. The largest absolute Gasteiger partial charge is 0.289 e. The molecule has 0 unspecified atom stereocenters. The third-order valence-electron chi connectivity index (χ3n) is 3.81. The van der Waals surface area contributed by atoms with Gasteiger partial charge in [0.1, 0.15) is 11.5 Å². The molecule has 20 heavy (non-hydrogen) atoms. The average molecular weight is 273 g/mol. The Morgan fingerprint density at radius 2 is 1.85 bits per heavy atom. The molecule has 2 aromatic rings. The predicted molar refractivity (Wildman–Crippen MR) is 82.1 cm³/mol. The van der Waals surface area contributed by atoms with Crippen molar-refractivity contribution in [3.05, 3.63) is 34.0 Å². The lowest BCUT2D eigenvalue weighted by atomic mass is 10.1. The second-order valence-electron chi connectivity index (χ2n) is 5.13. The number of hydrogen-bond acceptors (Lipinski definition) is 3. The molecule has 0 atom stereocenters. The number of nitrogens with zero attached hydrogens (tertiary/aromatic N) is 3. The number of pyridine rings is 1. The van der Waals surface area contributed by atoms with Crippen LogP contribution in [-0.4, -0.2) is 14.5 Å². The lowest BCUT2D eigenvalue weighted by Gasteiger charge is -2.16. The van der Waals surface area contributed by atoms with Crippen molar-refractivity contribution in [1.82, 2.24) is 14.5 Å². The second kappa shape index (κ2) is 6.16. The Kier molecular flexibility index (Phi) is 4.53. The third-order valence-corrected chi connectivity index (χ3v) is 3.81. The monoisotopic (exact) mass is 273 g/mol. The van der Waals surface area contributed by atoms with Crippen molar-refractivity contribution in [1.29, 1.82) is 0 Å². The van der Waals surface area contributed by atoms with Gasteiger partial charge in [0.15, 0.2) is 0 Å². The first-order valence-corrected chi connectivity index (χ1v) is 7.52. The predicted octanol–water partition coefficient (Wildman–Crippen LogP) is 3.55. The van der Waals surface area contributed by atoms with E-state index < -0.39 is 0 Å². The first kappa shape index (κ1) is 14.7. The minimum Gasteiger partial charge on any atom is -0.289 e. The fourth-order valence-corrected chi connectivity index (χ4v) is 2.87. The Hall–Kier alpha value is -1.71. The third kappa shape index (κ3) is 2.60. The molecule has 0 N–H and O–H groups in total. The average Bonchev–Trinajstić information content (AvgIpc) is 2.94. The van der Waals surface area contributed by atoms with Gasteiger partial charge in [-0.05, 0) is 32.3 Å². The Bertz CT molecular complexity index is 655. The Morgan fingerprint density at radius 3 is 2.50 bits per heavy atom. The summed E-state index contributed by atoms with van der Waals surface area (Å²) >= 11 is 0. The minimum atomic E-state index is 0.0741. The van der Waals surface area contributed by atoms with Gasteiger partial charge in [0, 0.05) is 23.7 Å². The SMILES string of the molecule is CC.Cc1ncc2c(C)cc(=O)n(C3CCCC3)c2n1. The van der Waals surface area contributed by atoms with Gasteiger partial charge in [0.2, 0.25) is 0 Å². The molecule has 108 valence electrons. The van der Waals surface area contributed by atoms with Crippen molar-refractivity contribution in [3.8, 4) is 0 Å². The fraction of sp³-hybridized carbons (Fsp3) is 0.562. The molecule has 1 aliphatic rings. The molecule has 3 rings (SSSR count). The molecule has 0 aliphatic heterocycles. The van der Waals surface area contributed by atoms with Gasteiger partial charge >= 0.3 is 0 Å². The summed E-state index contributed by atoms with van der Waals surface area (Å²) in [4.78, 5) is 21.0. The molecule has 1 fully saturated rings. The number of fused-ring (bicyclic) bond motifs is 1. The van der Waals surface area contributed by atoms with Crippen LogP contribution in [0.2, 0.25) is 0 Å². The van der Waals surface area contributed by atoms with E-state index in [0.29, 0.717) is 6.04 Å². The van der Waals surface area contributed by atoms with Crippen molar-refractivity contribution in [2.45, 2.75) is 59.4 Å². The van der Waals surface area contributed by atoms with E-state index in [1.807, 2.05) is 38.5 Å². The first-order valence-electron chi connectivity index (χ1n) is 7.52. The summed E-state index contributed by atoms with van der Waals surface area (Å²) in [7, 11) is 0. The highest BCUT2D eigenvalue weighted by Gasteiger charge is 2.21. The van der Waals surface area contributed by atoms with Gasteiger partial charge in [-0.15, -0.1) is 0 Å². The lowest BCUT2D eigenvalue weighted by molar-refractivity contribution is 0.515. The maximum atomic E-state index is 12.3.